The summed E-state index contributed by atoms with van der Waals surface area (Å²) < 4.78 is 4.03. The van der Waals surface area contributed by atoms with E-state index in [4.69, 9.17) is 0 Å². The third-order valence-electron chi connectivity index (χ3n) is 1.06. The van der Waals surface area contributed by atoms with E-state index in [1.54, 1.807) is 0 Å². The molecule has 0 spiro atoms. The van der Waals surface area contributed by atoms with Crippen molar-refractivity contribution in [1.82, 2.24) is 0 Å². The molecule has 0 aromatic heterocycles. The Morgan fingerprint density at radius 1 is 1.75 bits per heavy atom. The third-order valence-corrected chi connectivity index (χ3v) is 1.40. The predicted molar refractivity (Wildman–Crippen MR) is 41.5 cm³/mol. The van der Waals surface area contributed by atoms with Gasteiger partial charge in [-0.15, -0.1) is 0 Å². The monoisotopic (exact) mass is 131 g/mol. The second-order valence-corrected chi connectivity index (χ2v) is 2.40. The Bertz CT molecular complexity index is 70.9. The first-order chi connectivity index (χ1) is 3.81. The molecule has 1 nitrogen and oxygen atoms in total. The van der Waals surface area contributed by atoms with Crippen LogP contribution in [0.5, 0.6) is 0 Å². The highest BCUT2D eigenvalue weighted by Crippen LogP contribution is 1.99. The van der Waals surface area contributed by atoms with Crippen LogP contribution in [-0.2, 0) is 0 Å². The van der Waals surface area contributed by atoms with Crippen molar-refractivity contribution in [1.29, 1.82) is 0 Å². The van der Waals surface area contributed by atoms with Crippen LogP contribution in [0, 0.1) is 5.92 Å². The molecular formula is C6H13NS. The van der Waals surface area contributed by atoms with E-state index in [9.17, 15) is 0 Å². The molecule has 0 radical (unpaired) electrons. The van der Waals surface area contributed by atoms with Gasteiger partial charge in [0.2, 0.25) is 0 Å². The van der Waals surface area contributed by atoms with Gasteiger partial charge in [-0.05, 0) is 24.3 Å². The number of hydrogen-bond acceptors (Lipinski definition) is 2. The molecule has 0 aliphatic heterocycles. The zero-order chi connectivity index (χ0) is 6.41. The van der Waals surface area contributed by atoms with Crippen LogP contribution in [0.15, 0.2) is 4.40 Å². The SMILES string of the molecule is CCC(C)C=NSC. The van der Waals surface area contributed by atoms with Crippen molar-refractivity contribution in [3.8, 4) is 0 Å². The van der Waals surface area contributed by atoms with Gasteiger partial charge in [0.1, 0.15) is 0 Å². The fourth-order valence-electron chi connectivity index (χ4n) is 0.270. The van der Waals surface area contributed by atoms with Gasteiger partial charge in [0, 0.05) is 12.5 Å². The summed E-state index contributed by atoms with van der Waals surface area (Å²) in [4.78, 5) is 0. The normalized spacial score (nSPS) is 14.9. The van der Waals surface area contributed by atoms with E-state index in [1.807, 2.05) is 12.5 Å². The Balaban J connectivity index is 3.21. The molecule has 0 N–H and O–H groups in total. The fraction of sp³-hybridized carbons (Fsp3) is 0.833. The molecule has 0 fully saturated rings. The lowest BCUT2D eigenvalue weighted by atomic mass is 10.1. The Hall–Kier alpha value is 0.0200. The van der Waals surface area contributed by atoms with E-state index in [-0.39, 0.29) is 0 Å². The van der Waals surface area contributed by atoms with Crippen molar-refractivity contribution in [2.75, 3.05) is 6.26 Å². The van der Waals surface area contributed by atoms with E-state index < -0.39 is 0 Å². The second-order valence-electron chi connectivity index (χ2n) is 1.82. The van der Waals surface area contributed by atoms with Crippen molar-refractivity contribution in [2.45, 2.75) is 20.3 Å². The topological polar surface area (TPSA) is 12.4 Å². The summed E-state index contributed by atoms with van der Waals surface area (Å²) in [6.45, 7) is 4.33. The molecule has 0 saturated carbocycles. The maximum atomic E-state index is 4.03. The number of rotatable bonds is 3. The Morgan fingerprint density at radius 2 is 2.38 bits per heavy atom. The van der Waals surface area contributed by atoms with Crippen LogP contribution in [0.25, 0.3) is 0 Å². The second kappa shape index (κ2) is 5.16. The van der Waals surface area contributed by atoms with E-state index in [1.165, 1.54) is 18.4 Å². The molecular weight excluding hydrogens is 118 g/mol. The molecule has 0 aromatic rings. The Morgan fingerprint density at radius 3 is 2.75 bits per heavy atom. The summed E-state index contributed by atoms with van der Waals surface area (Å²) in [6.07, 6.45) is 5.15. The van der Waals surface area contributed by atoms with Gasteiger partial charge in [-0.25, -0.2) is 4.40 Å². The van der Waals surface area contributed by atoms with E-state index in [2.05, 4.69) is 18.2 Å². The standard InChI is InChI=1S/C6H13NS/c1-4-6(2)5-7-8-3/h5-6H,4H2,1-3H3. The molecule has 1 unspecified atom stereocenters. The predicted octanol–water partition coefficient (Wildman–Crippen LogP) is 2.38. The van der Waals surface area contributed by atoms with E-state index in [0.29, 0.717) is 5.92 Å². The van der Waals surface area contributed by atoms with Gasteiger partial charge in [0.05, 0.1) is 0 Å². The first kappa shape index (κ1) is 8.02. The van der Waals surface area contributed by atoms with Crippen LogP contribution in [0.2, 0.25) is 0 Å². The summed E-state index contributed by atoms with van der Waals surface area (Å²) in [7, 11) is 0. The smallest absolute Gasteiger partial charge is 0.0154 e. The zero-order valence-corrected chi connectivity index (χ0v) is 6.53. The first-order valence-electron chi connectivity index (χ1n) is 2.88. The van der Waals surface area contributed by atoms with Crippen LogP contribution in [-0.4, -0.2) is 12.5 Å². The molecule has 0 amide bonds. The lowest BCUT2D eigenvalue weighted by molar-refractivity contribution is 0.756. The van der Waals surface area contributed by atoms with Crippen molar-refractivity contribution in [2.24, 2.45) is 10.3 Å². The number of hydrogen-bond donors (Lipinski definition) is 0. The zero-order valence-electron chi connectivity index (χ0n) is 5.72. The van der Waals surface area contributed by atoms with E-state index >= 15 is 0 Å². The van der Waals surface area contributed by atoms with E-state index in [0.717, 1.165) is 0 Å². The molecule has 48 valence electrons. The van der Waals surface area contributed by atoms with Crippen LogP contribution in [0.4, 0.5) is 0 Å². The van der Waals surface area contributed by atoms with Crippen molar-refractivity contribution >= 4 is 18.2 Å². The van der Waals surface area contributed by atoms with Gasteiger partial charge < -0.3 is 0 Å². The number of nitrogens with zero attached hydrogens (tertiary/aromatic N) is 1. The quantitative estimate of drug-likeness (QED) is 0.423. The van der Waals surface area contributed by atoms with Gasteiger partial charge in [-0.2, -0.15) is 0 Å². The van der Waals surface area contributed by atoms with Crippen LogP contribution >= 0.6 is 11.9 Å². The lowest BCUT2D eigenvalue weighted by Gasteiger charge is -1.95. The van der Waals surface area contributed by atoms with Crippen molar-refractivity contribution in [3.63, 3.8) is 0 Å². The largest absolute Gasteiger partial charge is 0.229 e. The first-order valence-corrected chi connectivity index (χ1v) is 4.06. The highest BCUT2D eigenvalue weighted by molar-refractivity contribution is 7.97. The summed E-state index contributed by atoms with van der Waals surface area (Å²) in [6, 6.07) is 0. The molecule has 0 rings (SSSR count). The summed E-state index contributed by atoms with van der Waals surface area (Å²) in [5.41, 5.74) is 0. The molecule has 0 saturated heterocycles. The highest BCUT2D eigenvalue weighted by atomic mass is 32.2. The minimum absolute atomic E-state index is 0.641. The Kier molecular flexibility index (Phi) is 5.18. The third kappa shape index (κ3) is 4.19. The van der Waals surface area contributed by atoms with Crippen LogP contribution in [0.1, 0.15) is 20.3 Å². The molecule has 0 aliphatic rings. The minimum atomic E-state index is 0.641. The summed E-state index contributed by atoms with van der Waals surface area (Å²) >= 11 is 1.51. The van der Waals surface area contributed by atoms with Crippen molar-refractivity contribution in [3.05, 3.63) is 0 Å². The molecule has 0 heterocycles. The summed E-state index contributed by atoms with van der Waals surface area (Å²) in [5.74, 6) is 0.641. The van der Waals surface area contributed by atoms with Crippen molar-refractivity contribution < 1.29 is 0 Å². The molecule has 2 heteroatoms. The lowest BCUT2D eigenvalue weighted by Crippen LogP contribution is -1.90. The Labute approximate surface area is 55.7 Å². The molecule has 0 aromatic carbocycles. The molecule has 8 heavy (non-hydrogen) atoms. The molecule has 0 aliphatic carbocycles. The maximum Gasteiger partial charge on any atom is 0.0154 e. The summed E-state index contributed by atoms with van der Waals surface area (Å²) in [5, 5.41) is 0. The van der Waals surface area contributed by atoms with Gasteiger partial charge >= 0.3 is 0 Å². The fourth-order valence-corrected chi connectivity index (χ4v) is 0.600. The minimum Gasteiger partial charge on any atom is -0.229 e. The average molecular weight is 131 g/mol. The molecule has 0 bridgehead atoms. The van der Waals surface area contributed by atoms with Crippen LogP contribution < -0.4 is 0 Å². The van der Waals surface area contributed by atoms with Gasteiger partial charge in [-0.3, -0.25) is 0 Å². The average Bonchev–Trinajstić information content (AvgIpc) is 1.83. The van der Waals surface area contributed by atoms with Crippen LogP contribution in [0.3, 0.4) is 0 Å². The van der Waals surface area contributed by atoms with Gasteiger partial charge in [0.15, 0.2) is 0 Å². The molecule has 1 atom stereocenters. The maximum absolute atomic E-state index is 4.03. The van der Waals surface area contributed by atoms with Gasteiger partial charge in [0.25, 0.3) is 0 Å². The van der Waals surface area contributed by atoms with Gasteiger partial charge in [-0.1, -0.05) is 13.8 Å². The highest BCUT2D eigenvalue weighted by Gasteiger charge is 1.88.